The van der Waals surface area contributed by atoms with E-state index in [0.29, 0.717) is 19.3 Å². The minimum atomic E-state index is -0.988. The summed E-state index contributed by atoms with van der Waals surface area (Å²) >= 11 is 0. The molecule has 8 heteroatoms. The zero-order valence-corrected chi connectivity index (χ0v) is 14.4. The topological polar surface area (TPSA) is 75.7 Å². The molecule has 0 spiro atoms. The lowest BCUT2D eigenvalue weighted by molar-refractivity contribution is -0.146. The van der Waals surface area contributed by atoms with Crippen molar-refractivity contribution in [2.45, 2.75) is 50.2 Å². The Balaban J connectivity index is 1.65. The molecular weight excluding hydrogens is 346 g/mol. The van der Waals surface area contributed by atoms with E-state index in [1.807, 2.05) is 0 Å². The van der Waals surface area contributed by atoms with E-state index in [4.69, 9.17) is 4.74 Å². The lowest BCUT2D eigenvalue weighted by Crippen LogP contribution is -2.46. The Morgan fingerprint density at radius 2 is 2.08 bits per heavy atom. The van der Waals surface area contributed by atoms with Crippen molar-refractivity contribution in [3.8, 4) is 0 Å². The maximum atomic E-state index is 13.9. The number of nitrogens with one attached hydrogen (secondary N) is 1. The van der Waals surface area contributed by atoms with Crippen LogP contribution in [0.3, 0.4) is 0 Å². The highest BCUT2D eigenvalue weighted by Crippen LogP contribution is 2.37. The summed E-state index contributed by atoms with van der Waals surface area (Å²) in [5, 5.41) is 2.68. The van der Waals surface area contributed by atoms with E-state index in [9.17, 15) is 23.2 Å². The number of hydrogen-bond donors (Lipinski definition) is 1. The molecule has 0 bridgehead atoms. The Morgan fingerprint density at radius 1 is 1.35 bits per heavy atom. The average molecular weight is 366 g/mol. The normalized spacial score (nSPS) is 20.8. The molecule has 1 aliphatic heterocycles. The molecule has 1 saturated heterocycles. The van der Waals surface area contributed by atoms with Crippen molar-refractivity contribution in [1.82, 2.24) is 10.2 Å². The molecule has 26 heavy (non-hydrogen) atoms. The van der Waals surface area contributed by atoms with Gasteiger partial charge in [-0.3, -0.25) is 9.59 Å². The summed E-state index contributed by atoms with van der Waals surface area (Å²) in [6.07, 6.45) is 1.74. The van der Waals surface area contributed by atoms with E-state index in [0.717, 1.165) is 6.07 Å². The van der Waals surface area contributed by atoms with E-state index in [1.54, 1.807) is 0 Å². The van der Waals surface area contributed by atoms with Gasteiger partial charge in [0.15, 0.2) is 11.6 Å². The van der Waals surface area contributed by atoms with Crippen LogP contribution in [0.25, 0.3) is 0 Å². The van der Waals surface area contributed by atoms with Gasteiger partial charge >= 0.3 is 5.97 Å². The third kappa shape index (κ3) is 3.54. The van der Waals surface area contributed by atoms with Crippen LogP contribution in [0.5, 0.6) is 0 Å². The van der Waals surface area contributed by atoms with Gasteiger partial charge in [-0.15, -0.1) is 0 Å². The molecule has 1 heterocycles. The van der Waals surface area contributed by atoms with E-state index in [-0.39, 0.29) is 36.8 Å². The number of likely N-dealkylation sites (tertiary alicyclic amines) is 1. The molecule has 3 rings (SSSR count). The van der Waals surface area contributed by atoms with Crippen LogP contribution in [0.15, 0.2) is 18.2 Å². The number of carbonyl (C=O) groups is 3. The number of carbonyl (C=O) groups excluding carboxylic acids is 3. The SMILES string of the molecule is COC(=O)C1(NC(=O)CC2CCC(=O)N2Cc2cccc(F)c2F)CC1. The van der Waals surface area contributed by atoms with Crippen molar-refractivity contribution < 1.29 is 27.9 Å². The van der Waals surface area contributed by atoms with Crippen LogP contribution in [-0.4, -0.2) is 41.4 Å². The number of methoxy groups -OCH3 is 1. The molecule has 6 nitrogen and oxygen atoms in total. The fourth-order valence-corrected chi connectivity index (χ4v) is 3.31. The van der Waals surface area contributed by atoms with Crippen LogP contribution in [0.4, 0.5) is 8.78 Å². The zero-order chi connectivity index (χ0) is 18.9. The molecule has 2 aliphatic rings. The second-order valence-electron chi connectivity index (χ2n) is 6.75. The molecule has 0 aromatic heterocycles. The van der Waals surface area contributed by atoms with Crippen LogP contribution in [0.1, 0.15) is 37.7 Å². The molecule has 1 N–H and O–H groups in total. The Morgan fingerprint density at radius 3 is 2.73 bits per heavy atom. The van der Waals surface area contributed by atoms with Gasteiger partial charge in [-0.1, -0.05) is 12.1 Å². The van der Waals surface area contributed by atoms with Crippen molar-refractivity contribution >= 4 is 17.8 Å². The summed E-state index contributed by atoms with van der Waals surface area (Å²) in [7, 11) is 1.26. The number of esters is 1. The van der Waals surface area contributed by atoms with Gasteiger partial charge in [0.1, 0.15) is 5.54 Å². The Hall–Kier alpha value is -2.51. The van der Waals surface area contributed by atoms with E-state index in [2.05, 4.69) is 5.32 Å². The van der Waals surface area contributed by atoms with E-state index in [1.165, 1.54) is 24.1 Å². The molecule has 1 aromatic rings. The number of amides is 2. The minimum Gasteiger partial charge on any atom is -0.467 e. The van der Waals surface area contributed by atoms with Crippen molar-refractivity contribution in [2.75, 3.05) is 7.11 Å². The average Bonchev–Trinajstić information content (AvgIpc) is 3.32. The van der Waals surface area contributed by atoms with Gasteiger partial charge in [0.25, 0.3) is 0 Å². The van der Waals surface area contributed by atoms with Gasteiger partial charge in [-0.2, -0.15) is 0 Å². The third-order valence-corrected chi connectivity index (χ3v) is 4.95. The highest BCUT2D eigenvalue weighted by atomic mass is 19.2. The Labute approximate surface area is 149 Å². The first-order valence-corrected chi connectivity index (χ1v) is 8.48. The zero-order valence-electron chi connectivity index (χ0n) is 14.4. The molecule has 2 amide bonds. The van der Waals surface area contributed by atoms with Gasteiger partial charge in [0, 0.05) is 31.0 Å². The minimum absolute atomic E-state index is 0.00141. The third-order valence-electron chi connectivity index (χ3n) is 4.95. The molecule has 140 valence electrons. The quantitative estimate of drug-likeness (QED) is 0.777. The smallest absolute Gasteiger partial charge is 0.331 e. The maximum absolute atomic E-state index is 13.9. The molecule has 0 radical (unpaired) electrons. The largest absolute Gasteiger partial charge is 0.467 e. The standard InChI is InChI=1S/C18H20F2N2O4/c1-26-17(25)18(7-8-18)21-14(23)9-12-5-6-15(24)22(12)10-11-3-2-4-13(19)16(11)20/h2-4,12H,5-10H2,1H3,(H,21,23). The molecule has 2 fully saturated rings. The number of nitrogens with zero attached hydrogens (tertiary/aromatic N) is 1. The van der Waals surface area contributed by atoms with Gasteiger partial charge < -0.3 is 15.0 Å². The Kier molecular flexibility index (Phi) is 4.93. The van der Waals surface area contributed by atoms with Crippen LogP contribution in [-0.2, 0) is 25.7 Å². The fraction of sp³-hybridized carbons (Fsp3) is 0.500. The van der Waals surface area contributed by atoms with Crippen molar-refractivity contribution in [1.29, 1.82) is 0 Å². The number of rotatable bonds is 6. The summed E-state index contributed by atoms with van der Waals surface area (Å²) < 4.78 is 32.0. The van der Waals surface area contributed by atoms with Crippen LogP contribution in [0, 0.1) is 11.6 Å². The van der Waals surface area contributed by atoms with Crippen molar-refractivity contribution in [3.63, 3.8) is 0 Å². The van der Waals surface area contributed by atoms with Crippen LogP contribution < -0.4 is 5.32 Å². The highest BCUT2D eigenvalue weighted by Gasteiger charge is 2.52. The molecule has 1 aliphatic carbocycles. The molecule has 1 unspecified atom stereocenters. The summed E-state index contributed by atoms with van der Waals surface area (Å²) in [5.41, 5.74) is -0.882. The predicted molar refractivity (Wildman–Crippen MR) is 86.7 cm³/mol. The highest BCUT2D eigenvalue weighted by molar-refractivity contribution is 5.91. The number of benzene rings is 1. The summed E-state index contributed by atoms with van der Waals surface area (Å²) in [6.45, 7) is -0.0947. The Bertz CT molecular complexity index is 749. The van der Waals surface area contributed by atoms with E-state index < -0.39 is 29.2 Å². The summed E-state index contributed by atoms with van der Waals surface area (Å²) in [4.78, 5) is 37.5. The molecular formula is C18H20F2N2O4. The van der Waals surface area contributed by atoms with Gasteiger partial charge in [0.2, 0.25) is 11.8 Å². The van der Waals surface area contributed by atoms with Gasteiger partial charge in [0.05, 0.1) is 7.11 Å². The molecule has 1 aromatic carbocycles. The molecule has 1 atom stereocenters. The monoisotopic (exact) mass is 366 g/mol. The molecule has 1 saturated carbocycles. The lowest BCUT2D eigenvalue weighted by Gasteiger charge is -2.25. The lowest BCUT2D eigenvalue weighted by atomic mass is 10.1. The van der Waals surface area contributed by atoms with Crippen molar-refractivity contribution in [2.24, 2.45) is 0 Å². The number of halogens is 2. The summed E-state index contributed by atoms with van der Waals surface area (Å²) in [6, 6.07) is 3.39. The van der Waals surface area contributed by atoms with Gasteiger partial charge in [-0.25, -0.2) is 13.6 Å². The van der Waals surface area contributed by atoms with Crippen LogP contribution >= 0.6 is 0 Å². The first-order chi connectivity index (χ1) is 12.4. The fourth-order valence-electron chi connectivity index (χ4n) is 3.31. The van der Waals surface area contributed by atoms with Crippen molar-refractivity contribution in [3.05, 3.63) is 35.4 Å². The number of ether oxygens (including phenoxy) is 1. The first kappa shape index (κ1) is 18.3. The first-order valence-electron chi connectivity index (χ1n) is 8.48. The second kappa shape index (κ2) is 7.01. The predicted octanol–water partition coefficient (Wildman–Crippen LogP) is 1.67. The van der Waals surface area contributed by atoms with E-state index >= 15 is 0 Å². The maximum Gasteiger partial charge on any atom is 0.331 e. The van der Waals surface area contributed by atoms with Crippen LogP contribution in [0.2, 0.25) is 0 Å². The second-order valence-corrected chi connectivity index (χ2v) is 6.75. The number of hydrogen-bond acceptors (Lipinski definition) is 4. The summed E-state index contributed by atoms with van der Waals surface area (Å²) in [5.74, 6) is -3.01. The van der Waals surface area contributed by atoms with Gasteiger partial charge in [-0.05, 0) is 25.3 Å².